The zero-order valence-corrected chi connectivity index (χ0v) is 12.5. The van der Waals surface area contributed by atoms with Crippen LogP contribution in [0.15, 0.2) is 42.5 Å². The summed E-state index contributed by atoms with van der Waals surface area (Å²) < 4.78 is 0. The van der Waals surface area contributed by atoms with Crippen molar-refractivity contribution >= 4 is 11.6 Å². The van der Waals surface area contributed by atoms with Crippen LogP contribution in [0.1, 0.15) is 35.2 Å². The zero-order valence-electron chi connectivity index (χ0n) is 11.7. The smallest absolute Gasteiger partial charge is 0.0577 e. The number of hydrogen-bond acceptors (Lipinski definition) is 1. The van der Waals surface area contributed by atoms with Crippen molar-refractivity contribution in [3.8, 4) is 0 Å². The van der Waals surface area contributed by atoms with Gasteiger partial charge in [0, 0.05) is 5.02 Å². The van der Waals surface area contributed by atoms with Crippen molar-refractivity contribution in [2.75, 3.05) is 7.05 Å². The SMILES string of the molecule is CCc1cccc(C(NC)c2cc(Cl)ccc2C)c1. The van der Waals surface area contributed by atoms with Crippen LogP contribution in [0.3, 0.4) is 0 Å². The summed E-state index contributed by atoms with van der Waals surface area (Å²) in [4.78, 5) is 0. The molecule has 0 spiro atoms. The molecule has 100 valence electrons. The molecule has 0 amide bonds. The van der Waals surface area contributed by atoms with Gasteiger partial charge in [0.15, 0.2) is 0 Å². The monoisotopic (exact) mass is 273 g/mol. The largest absolute Gasteiger partial charge is 0.309 e. The third-order valence-electron chi connectivity index (χ3n) is 3.53. The Morgan fingerprint density at radius 2 is 1.95 bits per heavy atom. The Morgan fingerprint density at radius 3 is 2.63 bits per heavy atom. The van der Waals surface area contributed by atoms with Gasteiger partial charge >= 0.3 is 0 Å². The van der Waals surface area contributed by atoms with Gasteiger partial charge in [0.25, 0.3) is 0 Å². The average Bonchev–Trinajstić information content (AvgIpc) is 2.44. The predicted octanol–water partition coefficient (Wildman–Crippen LogP) is 4.52. The number of aryl methyl sites for hydroxylation is 2. The number of hydrogen-bond donors (Lipinski definition) is 1. The van der Waals surface area contributed by atoms with Crippen molar-refractivity contribution in [3.63, 3.8) is 0 Å². The summed E-state index contributed by atoms with van der Waals surface area (Å²) in [6, 6.07) is 15.0. The average molecular weight is 274 g/mol. The van der Waals surface area contributed by atoms with Crippen LogP contribution in [-0.2, 0) is 6.42 Å². The summed E-state index contributed by atoms with van der Waals surface area (Å²) in [5.41, 5.74) is 5.14. The van der Waals surface area contributed by atoms with E-state index >= 15 is 0 Å². The molecule has 0 bridgehead atoms. The van der Waals surface area contributed by atoms with Crippen LogP contribution in [0.4, 0.5) is 0 Å². The van der Waals surface area contributed by atoms with Gasteiger partial charge in [-0.25, -0.2) is 0 Å². The first-order valence-electron chi connectivity index (χ1n) is 6.68. The van der Waals surface area contributed by atoms with Gasteiger partial charge in [-0.1, -0.05) is 48.9 Å². The van der Waals surface area contributed by atoms with Crippen LogP contribution >= 0.6 is 11.6 Å². The Kier molecular flexibility index (Phi) is 4.62. The Balaban J connectivity index is 2.46. The van der Waals surface area contributed by atoms with Crippen molar-refractivity contribution in [1.82, 2.24) is 5.32 Å². The second kappa shape index (κ2) is 6.23. The number of benzene rings is 2. The minimum atomic E-state index is 0.185. The van der Waals surface area contributed by atoms with E-state index in [0.29, 0.717) is 0 Å². The second-order valence-corrected chi connectivity index (χ2v) is 5.26. The fourth-order valence-corrected chi connectivity index (χ4v) is 2.60. The molecule has 0 aliphatic carbocycles. The Morgan fingerprint density at radius 1 is 1.16 bits per heavy atom. The van der Waals surface area contributed by atoms with E-state index < -0.39 is 0 Å². The van der Waals surface area contributed by atoms with Gasteiger partial charge < -0.3 is 5.32 Å². The maximum absolute atomic E-state index is 6.14. The fourth-order valence-electron chi connectivity index (χ4n) is 2.42. The molecule has 1 unspecified atom stereocenters. The fraction of sp³-hybridized carbons (Fsp3) is 0.294. The van der Waals surface area contributed by atoms with E-state index in [1.807, 2.05) is 13.1 Å². The van der Waals surface area contributed by atoms with Crippen LogP contribution in [0.2, 0.25) is 5.02 Å². The first kappa shape index (κ1) is 14.1. The second-order valence-electron chi connectivity index (χ2n) is 4.82. The molecule has 1 N–H and O–H groups in total. The highest BCUT2D eigenvalue weighted by Gasteiger charge is 2.14. The molecule has 0 aliphatic rings. The summed E-state index contributed by atoms with van der Waals surface area (Å²) in [6.07, 6.45) is 1.05. The van der Waals surface area contributed by atoms with Crippen LogP contribution in [-0.4, -0.2) is 7.05 Å². The molecule has 1 atom stereocenters. The van der Waals surface area contributed by atoms with E-state index in [1.165, 1.54) is 22.3 Å². The van der Waals surface area contributed by atoms with Crippen molar-refractivity contribution in [2.24, 2.45) is 0 Å². The van der Waals surface area contributed by atoms with Crippen LogP contribution in [0, 0.1) is 6.92 Å². The van der Waals surface area contributed by atoms with Gasteiger partial charge in [0.1, 0.15) is 0 Å². The molecule has 0 fully saturated rings. The highest BCUT2D eigenvalue weighted by atomic mass is 35.5. The summed E-state index contributed by atoms with van der Waals surface area (Å²) in [6.45, 7) is 4.30. The minimum Gasteiger partial charge on any atom is -0.309 e. The van der Waals surface area contributed by atoms with E-state index in [-0.39, 0.29) is 6.04 Å². The summed E-state index contributed by atoms with van der Waals surface area (Å²) in [5.74, 6) is 0. The molecule has 2 rings (SSSR count). The molecule has 19 heavy (non-hydrogen) atoms. The molecule has 2 aromatic rings. The number of halogens is 1. The van der Waals surface area contributed by atoms with E-state index in [9.17, 15) is 0 Å². The molecule has 1 nitrogen and oxygen atoms in total. The standard InChI is InChI=1S/C17H20ClN/c1-4-13-6-5-7-14(10-13)17(19-3)16-11-15(18)9-8-12(16)2/h5-11,17,19H,4H2,1-3H3. The maximum Gasteiger partial charge on any atom is 0.0577 e. The quantitative estimate of drug-likeness (QED) is 0.864. The Labute approximate surface area is 120 Å². The summed E-state index contributed by atoms with van der Waals surface area (Å²) in [5, 5.41) is 4.18. The van der Waals surface area contributed by atoms with E-state index in [0.717, 1.165) is 11.4 Å². The Bertz CT molecular complexity index is 563. The molecule has 0 aromatic heterocycles. The van der Waals surface area contributed by atoms with Gasteiger partial charge in [0.2, 0.25) is 0 Å². The highest BCUT2D eigenvalue weighted by Crippen LogP contribution is 2.27. The zero-order chi connectivity index (χ0) is 13.8. The molecule has 2 aromatic carbocycles. The van der Waals surface area contributed by atoms with Gasteiger partial charge in [-0.15, -0.1) is 0 Å². The van der Waals surface area contributed by atoms with Gasteiger partial charge in [-0.05, 0) is 54.8 Å². The lowest BCUT2D eigenvalue weighted by Crippen LogP contribution is -2.18. The third-order valence-corrected chi connectivity index (χ3v) is 3.77. The third kappa shape index (κ3) is 3.17. The van der Waals surface area contributed by atoms with Gasteiger partial charge in [-0.3, -0.25) is 0 Å². The minimum absolute atomic E-state index is 0.185. The molecule has 0 saturated heterocycles. The molecule has 0 radical (unpaired) electrons. The maximum atomic E-state index is 6.14. The van der Waals surface area contributed by atoms with Crippen molar-refractivity contribution in [1.29, 1.82) is 0 Å². The molecule has 0 saturated carbocycles. The van der Waals surface area contributed by atoms with E-state index in [2.05, 4.69) is 55.6 Å². The topological polar surface area (TPSA) is 12.0 Å². The normalized spacial score (nSPS) is 12.4. The number of nitrogens with one attached hydrogen (secondary N) is 1. The van der Waals surface area contributed by atoms with Crippen LogP contribution in [0.25, 0.3) is 0 Å². The van der Waals surface area contributed by atoms with Gasteiger partial charge in [-0.2, -0.15) is 0 Å². The van der Waals surface area contributed by atoms with Crippen molar-refractivity contribution < 1.29 is 0 Å². The first-order chi connectivity index (χ1) is 9.15. The summed E-state index contributed by atoms with van der Waals surface area (Å²) >= 11 is 6.14. The molecule has 2 heteroatoms. The van der Waals surface area contributed by atoms with Crippen molar-refractivity contribution in [3.05, 3.63) is 69.7 Å². The van der Waals surface area contributed by atoms with Crippen LogP contribution < -0.4 is 5.32 Å². The van der Waals surface area contributed by atoms with Crippen molar-refractivity contribution in [2.45, 2.75) is 26.3 Å². The number of rotatable bonds is 4. The summed E-state index contributed by atoms with van der Waals surface area (Å²) in [7, 11) is 1.99. The highest BCUT2D eigenvalue weighted by molar-refractivity contribution is 6.30. The molecule has 0 aliphatic heterocycles. The lowest BCUT2D eigenvalue weighted by molar-refractivity contribution is 0.686. The van der Waals surface area contributed by atoms with Crippen LogP contribution in [0.5, 0.6) is 0 Å². The predicted molar refractivity (Wildman–Crippen MR) is 82.9 cm³/mol. The lowest BCUT2D eigenvalue weighted by atomic mass is 9.94. The molecule has 0 heterocycles. The van der Waals surface area contributed by atoms with Gasteiger partial charge in [0.05, 0.1) is 6.04 Å². The molecular weight excluding hydrogens is 254 g/mol. The Hall–Kier alpha value is -1.31. The molecular formula is C17H20ClN. The van der Waals surface area contributed by atoms with E-state index in [1.54, 1.807) is 0 Å². The lowest BCUT2D eigenvalue weighted by Gasteiger charge is -2.20. The van der Waals surface area contributed by atoms with E-state index in [4.69, 9.17) is 11.6 Å². The first-order valence-corrected chi connectivity index (χ1v) is 7.05.